The Bertz CT molecular complexity index is 590. The van der Waals surface area contributed by atoms with Crippen LogP contribution in [0.2, 0.25) is 10.0 Å². The van der Waals surface area contributed by atoms with Crippen molar-refractivity contribution in [3.8, 4) is 0 Å². The zero-order valence-electron chi connectivity index (χ0n) is 13.8. The molecule has 8 heteroatoms. The SMILES string of the molecule is CC(C)(C)OCCC(NC(=O)CSc1cc(Cl)ccc1Cl)C(=O)O. The van der Waals surface area contributed by atoms with Gasteiger partial charge in [-0.15, -0.1) is 11.8 Å². The minimum Gasteiger partial charge on any atom is -0.480 e. The molecule has 0 aromatic heterocycles. The first-order valence-electron chi connectivity index (χ1n) is 7.32. The molecule has 1 aromatic rings. The summed E-state index contributed by atoms with van der Waals surface area (Å²) in [5, 5.41) is 12.7. The largest absolute Gasteiger partial charge is 0.480 e. The van der Waals surface area contributed by atoms with Gasteiger partial charge in [0.1, 0.15) is 6.04 Å². The Morgan fingerprint density at radius 1 is 1.33 bits per heavy atom. The molecule has 1 atom stereocenters. The molecule has 0 aliphatic heterocycles. The number of amides is 1. The molecule has 0 saturated carbocycles. The first kappa shape index (κ1) is 21.1. The van der Waals surface area contributed by atoms with Crippen LogP contribution in [0.4, 0.5) is 0 Å². The van der Waals surface area contributed by atoms with E-state index >= 15 is 0 Å². The van der Waals surface area contributed by atoms with E-state index in [9.17, 15) is 14.7 Å². The Kier molecular flexibility index (Phi) is 8.36. The zero-order valence-corrected chi connectivity index (χ0v) is 16.1. The number of nitrogens with one attached hydrogen (secondary N) is 1. The monoisotopic (exact) mass is 393 g/mol. The number of thioether (sulfide) groups is 1. The second kappa shape index (κ2) is 9.51. The summed E-state index contributed by atoms with van der Waals surface area (Å²) in [5.41, 5.74) is -0.355. The molecule has 0 heterocycles. The highest BCUT2D eigenvalue weighted by Crippen LogP contribution is 2.29. The molecule has 0 bridgehead atoms. The minimum absolute atomic E-state index is 0.0456. The Hall–Kier alpha value is -0.950. The van der Waals surface area contributed by atoms with Crippen LogP contribution in [0.1, 0.15) is 27.2 Å². The molecule has 2 N–H and O–H groups in total. The molecule has 1 unspecified atom stereocenters. The number of carbonyl (C=O) groups is 2. The van der Waals surface area contributed by atoms with Gasteiger partial charge in [0, 0.05) is 22.9 Å². The Balaban J connectivity index is 2.50. The Morgan fingerprint density at radius 2 is 2.00 bits per heavy atom. The van der Waals surface area contributed by atoms with Crippen LogP contribution in [0, 0.1) is 0 Å². The number of carboxylic acids is 1. The normalized spacial score (nSPS) is 12.7. The summed E-state index contributed by atoms with van der Waals surface area (Å²) in [6.45, 7) is 5.89. The van der Waals surface area contributed by atoms with Crippen molar-refractivity contribution in [3.05, 3.63) is 28.2 Å². The van der Waals surface area contributed by atoms with E-state index in [4.69, 9.17) is 27.9 Å². The fourth-order valence-corrected chi connectivity index (χ4v) is 3.01. The number of halogens is 2. The maximum Gasteiger partial charge on any atom is 0.326 e. The number of ether oxygens (including phenoxy) is 1. The number of rotatable bonds is 8. The highest BCUT2D eigenvalue weighted by atomic mass is 35.5. The predicted octanol–water partition coefficient (Wildman–Crippen LogP) is 3.86. The third-order valence-corrected chi connectivity index (χ3v) is 4.56. The van der Waals surface area contributed by atoms with E-state index in [0.29, 0.717) is 14.9 Å². The van der Waals surface area contributed by atoms with Crippen molar-refractivity contribution in [2.24, 2.45) is 0 Å². The molecule has 1 amide bonds. The average molecular weight is 394 g/mol. The van der Waals surface area contributed by atoms with Crippen molar-refractivity contribution >= 4 is 46.8 Å². The van der Waals surface area contributed by atoms with Crippen LogP contribution in [0.3, 0.4) is 0 Å². The molecular formula is C16H21Cl2NO4S. The van der Waals surface area contributed by atoms with Gasteiger partial charge in [-0.05, 0) is 39.0 Å². The summed E-state index contributed by atoms with van der Waals surface area (Å²) in [4.78, 5) is 23.9. The summed E-state index contributed by atoms with van der Waals surface area (Å²) in [5.74, 6) is -1.44. The van der Waals surface area contributed by atoms with E-state index in [2.05, 4.69) is 5.32 Å². The molecule has 5 nitrogen and oxygen atoms in total. The maximum atomic E-state index is 12.0. The fourth-order valence-electron chi connectivity index (χ4n) is 1.71. The molecule has 0 radical (unpaired) electrons. The molecule has 0 aliphatic rings. The van der Waals surface area contributed by atoms with Gasteiger partial charge >= 0.3 is 5.97 Å². The molecule has 1 aromatic carbocycles. The second-order valence-corrected chi connectivity index (χ2v) is 7.93. The number of hydrogen-bond donors (Lipinski definition) is 2. The summed E-state index contributed by atoms with van der Waals surface area (Å²) in [6, 6.07) is 3.97. The van der Waals surface area contributed by atoms with Crippen LogP contribution >= 0.6 is 35.0 Å². The molecule has 0 saturated heterocycles. The van der Waals surface area contributed by atoms with Gasteiger partial charge in [-0.1, -0.05) is 23.2 Å². The number of carbonyl (C=O) groups excluding carboxylic acids is 1. The third-order valence-electron chi connectivity index (χ3n) is 2.83. The summed E-state index contributed by atoms with van der Waals surface area (Å²) in [7, 11) is 0. The van der Waals surface area contributed by atoms with Gasteiger partial charge in [-0.3, -0.25) is 4.79 Å². The first-order chi connectivity index (χ1) is 11.1. The first-order valence-corrected chi connectivity index (χ1v) is 9.06. The van der Waals surface area contributed by atoms with E-state index in [0.717, 1.165) is 0 Å². The zero-order chi connectivity index (χ0) is 18.3. The molecule has 24 heavy (non-hydrogen) atoms. The van der Waals surface area contributed by atoms with Crippen LogP contribution < -0.4 is 5.32 Å². The van der Waals surface area contributed by atoms with Gasteiger partial charge in [0.15, 0.2) is 0 Å². The second-order valence-electron chi connectivity index (χ2n) is 6.07. The number of carboxylic acid groups (broad SMARTS) is 1. The number of benzene rings is 1. The highest BCUT2D eigenvalue weighted by Gasteiger charge is 2.21. The van der Waals surface area contributed by atoms with Crippen molar-refractivity contribution in [1.29, 1.82) is 0 Å². The van der Waals surface area contributed by atoms with Crippen LogP contribution in [0.5, 0.6) is 0 Å². The van der Waals surface area contributed by atoms with Gasteiger partial charge in [0.05, 0.1) is 16.4 Å². The average Bonchev–Trinajstić information content (AvgIpc) is 2.45. The molecule has 0 spiro atoms. The smallest absolute Gasteiger partial charge is 0.326 e. The summed E-state index contributed by atoms with van der Waals surface area (Å²) in [6.07, 6.45) is 0.195. The molecular weight excluding hydrogens is 373 g/mol. The topological polar surface area (TPSA) is 75.6 Å². The number of hydrogen-bond acceptors (Lipinski definition) is 4. The third kappa shape index (κ3) is 8.24. The lowest BCUT2D eigenvalue weighted by atomic mass is 10.2. The Morgan fingerprint density at radius 3 is 2.58 bits per heavy atom. The van der Waals surface area contributed by atoms with Gasteiger partial charge in [0.2, 0.25) is 5.91 Å². The van der Waals surface area contributed by atoms with Gasteiger partial charge in [-0.2, -0.15) is 0 Å². The standard InChI is InChI=1S/C16H21Cl2NO4S/c1-16(2,3)23-7-6-12(15(21)22)19-14(20)9-24-13-8-10(17)4-5-11(13)18/h4-5,8,12H,6-7,9H2,1-3H3,(H,19,20)(H,21,22). The maximum absolute atomic E-state index is 12.0. The minimum atomic E-state index is -1.09. The van der Waals surface area contributed by atoms with Crippen LogP contribution in [-0.4, -0.2) is 41.0 Å². The molecule has 0 aliphatic carbocycles. The van der Waals surface area contributed by atoms with E-state index in [1.165, 1.54) is 11.8 Å². The lowest BCUT2D eigenvalue weighted by molar-refractivity contribution is -0.142. The Labute approximate surface area is 156 Å². The number of aliphatic carboxylic acids is 1. The predicted molar refractivity (Wildman–Crippen MR) is 97.1 cm³/mol. The van der Waals surface area contributed by atoms with Gasteiger partial charge < -0.3 is 15.2 Å². The van der Waals surface area contributed by atoms with Crippen molar-refractivity contribution in [2.45, 2.75) is 43.7 Å². The van der Waals surface area contributed by atoms with Crippen LogP contribution in [0.15, 0.2) is 23.1 Å². The van der Waals surface area contributed by atoms with E-state index in [1.54, 1.807) is 18.2 Å². The molecule has 0 fully saturated rings. The molecule has 134 valence electrons. The van der Waals surface area contributed by atoms with Crippen LogP contribution in [-0.2, 0) is 14.3 Å². The highest BCUT2D eigenvalue weighted by molar-refractivity contribution is 8.00. The fraction of sp³-hybridized carbons (Fsp3) is 0.500. The van der Waals surface area contributed by atoms with Crippen molar-refractivity contribution in [3.63, 3.8) is 0 Å². The summed E-state index contributed by atoms with van der Waals surface area (Å²) < 4.78 is 5.50. The van der Waals surface area contributed by atoms with Crippen molar-refractivity contribution < 1.29 is 19.4 Å². The van der Waals surface area contributed by atoms with Crippen LogP contribution in [0.25, 0.3) is 0 Å². The molecule has 1 rings (SSSR count). The van der Waals surface area contributed by atoms with Crippen molar-refractivity contribution in [1.82, 2.24) is 5.32 Å². The summed E-state index contributed by atoms with van der Waals surface area (Å²) >= 11 is 13.1. The van der Waals surface area contributed by atoms with E-state index in [1.807, 2.05) is 20.8 Å². The lowest BCUT2D eigenvalue weighted by Crippen LogP contribution is -2.42. The lowest BCUT2D eigenvalue weighted by Gasteiger charge is -2.21. The van der Waals surface area contributed by atoms with Gasteiger partial charge in [-0.25, -0.2) is 4.79 Å². The van der Waals surface area contributed by atoms with Crippen molar-refractivity contribution in [2.75, 3.05) is 12.4 Å². The van der Waals surface area contributed by atoms with Gasteiger partial charge in [0.25, 0.3) is 0 Å². The van der Waals surface area contributed by atoms with E-state index < -0.39 is 12.0 Å². The quantitative estimate of drug-likeness (QED) is 0.655. The van der Waals surface area contributed by atoms with E-state index in [-0.39, 0.29) is 30.3 Å².